The van der Waals surface area contributed by atoms with Gasteiger partial charge in [-0.3, -0.25) is 14.4 Å². The molecule has 1 fully saturated rings. The minimum Gasteiger partial charge on any atom is -0.341 e. The van der Waals surface area contributed by atoms with Crippen molar-refractivity contribution in [3.8, 4) is 0 Å². The predicted molar refractivity (Wildman–Crippen MR) is 73.8 cm³/mol. The maximum absolute atomic E-state index is 13.3. The lowest BCUT2D eigenvalue weighted by molar-refractivity contribution is -0.138. The molecule has 0 aromatic heterocycles. The zero-order valence-corrected chi connectivity index (χ0v) is 11.7. The summed E-state index contributed by atoms with van der Waals surface area (Å²) >= 11 is 0. The highest BCUT2D eigenvalue weighted by Crippen LogP contribution is 2.14. The first-order valence-corrected chi connectivity index (χ1v) is 6.79. The molecule has 22 heavy (non-hydrogen) atoms. The molecule has 1 aliphatic rings. The summed E-state index contributed by atoms with van der Waals surface area (Å²) in [5, 5.41) is 4.18. The van der Waals surface area contributed by atoms with E-state index in [9.17, 15) is 23.2 Å². The predicted octanol–water partition coefficient (Wildman–Crippen LogP) is 0.642. The van der Waals surface area contributed by atoms with Gasteiger partial charge in [0.25, 0.3) is 0 Å². The van der Waals surface area contributed by atoms with Crippen LogP contribution in [0.1, 0.15) is 12.8 Å². The molecule has 8 heteroatoms. The third kappa shape index (κ3) is 4.00. The fourth-order valence-corrected chi connectivity index (χ4v) is 2.08. The second kappa shape index (κ2) is 6.97. The Hall–Kier alpha value is -2.51. The number of rotatable bonds is 3. The fraction of sp³-hybridized carbons (Fsp3) is 0.357. The van der Waals surface area contributed by atoms with Gasteiger partial charge in [0.15, 0.2) is 0 Å². The molecule has 0 spiro atoms. The quantitative estimate of drug-likeness (QED) is 0.804. The molecule has 2 N–H and O–H groups in total. The van der Waals surface area contributed by atoms with Crippen LogP contribution in [0, 0.1) is 11.6 Å². The molecule has 2 rings (SSSR count). The van der Waals surface area contributed by atoms with Crippen LogP contribution in [0.5, 0.6) is 0 Å². The molecule has 6 nitrogen and oxygen atoms in total. The summed E-state index contributed by atoms with van der Waals surface area (Å²) < 4.78 is 26.1. The Labute approximate surface area is 125 Å². The molecular weight excluding hydrogens is 296 g/mol. The average molecular weight is 311 g/mol. The van der Waals surface area contributed by atoms with E-state index in [-0.39, 0.29) is 18.1 Å². The van der Waals surface area contributed by atoms with Crippen LogP contribution in [0.3, 0.4) is 0 Å². The summed E-state index contributed by atoms with van der Waals surface area (Å²) in [7, 11) is 0. The van der Waals surface area contributed by atoms with E-state index in [1.807, 2.05) is 5.32 Å². The number of hydrogen-bond donors (Lipinski definition) is 2. The van der Waals surface area contributed by atoms with Gasteiger partial charge in [0.2, 0.25) is 5.91 Å². The lowest BCUT2D eigenvalue weighted by atomic mass is 10.3. The lowest BCUT2D eigenvalue weighted by Gasteiger charge is -2.15. The number of benzene rings is 1. The van der Waals surface area contributed by atoms with Crippen LogP contribution in [0.4, 0.5) is 14.5 Å². The number of halogens is 2. The molecule has 1 aromatic carbocycles. The summed E-state index contributed by atoms with van der Waals surface area (Å²) in [4.78, 5) is 36.4. The molecule has 118 valence electrons. The Bertz CT molecular complexity index is 601. The van der Waals surface area contributed by atoms with Gasteiger partial charge >= 0.3 is 11.8 Å². The molecule has 3 amide bonds. The van der Waals surface area contributed by atoms with Gasteiger partial charge in [-0.25, -0.2) is 8.78 Å². The van der Waals surface area contributed by atoms with Crippen LogP contribution in [-0.4, -0.2) is 42.3 Å². The number of carbonyl (C=O) groups is 3. The Kier molecular flexibility index (Phi) is 5.03. The minimum atomic E-state index is -1.13. The van der Waals surface area contributed by atoms with Crippen LogP contribution in [0.25, 0.3) is 0 Å². The Balaban J connectivity index is 1.84. The van der Waals surface area contributed by atoms with E-state index in [0.29, 0.717) is 19.2 Å². The number of hydrogen-bond acceptors (Lipinski definition) is 3. The summed E-state index contributed by atoms with van der Waals surface area (Å²) in [6, 6.07) is 2.54. The first-order valence-electron chi connectivity index (χ1n) is 6.79. The Morgan fingerprint density at radius 1 is 1.09 bits per heavy atom. The van der Waals surface area contributed by atoms with Crippen LogP contribution < -0.4 is 10.6 Å². The molecule has 1 aromatic rings. The van der Waals surface area contributed by atoms with Gasteiger partial charge in [-0.2, -0.15) is 0 Å². The SMILES string of the molecule is O=C(NCC(=O)N1CCCC1)C(=O)Nc1ccc(F)cc1F. The Morgan fingerprint density at radius 2 is 1.77 bits per heavy atom. The van der Waals surface area contributed by atoms with E-state index >= 15 is 0 Å². The van der Waals surface area contributed by atoms with E-state index in [1.54, 1.807) is 4.90 Å². The summed E-state index contributed by atoms with van der Waals surface area (Å²) in [6.45, 7) is 0.988. The summed E-state index contributed by atoms with van der Waals surface area (Å²) in [5.41, 5.74) is -0.313. The van der Waals surface area contributed by atoms with Crippen LogP contribution in [0.15, 0.2) is 18.2 Å². The molecule has 0 aliphatic carbocycles. The first kappa shape index (κ1) is 15.9. The second-order valence-electron chi connectivity index (χ2n) is 4.85. The van der Waals surface area contributed by atoms with Crippen molar-refractivity contribution in [3.63, 3.8) is 0 Å². The third-order valence-corrected chi connectivity index (χ3v) is 3.24. The van der Waals surface area contributed by atoms with Crippen molar-refractivity contribution in [2.45, 2.75) is 12.8 Å². The number of anilines is 1. The van der Waals surface area contributed by atoms with E-state index in [4.69, 9.17) is 0 Å². The van der Waals surface area contributed by atoms with Crippen molar-refractivity contribution in [1.82, 2.24) is 10.2 Å². The third-order valence-electron chi connectivity index (χ3n) is 3.24. The fourth-order valence-electron chi connectivity index (χ4n) is 2.08. The van der Waals surface area contributed by atoms with Gasteiger partial charge in [0, 0.05) is 19.2 Å². The largest absolute Gasteiger partial charge is 0.341 e. The van der Waals surface area contributed by atoms with Crippen LogP contribution >= 0.6 is 0 Å². The Morgan fingerprint density at radius 3 is 2.41 bits per heavy atom. The monoisotopic (exact) mass is 311 g/mol. The van der Waals surface area contributed by atoms with Gasteiger partial charge < -0.3 is 15.5 Å². The summed E-state index contributed by atoms with van der Waals surface area (Å²) in [6.07, 6.45) is 1.84. The molecule has 0 atom stereocenters. The number of carbonyl (C=O) groups excluding carboxylic acids is 3. The minimum absolute atomic E-state index is 0.272. The van der Waals surface area contributed by atoms with Gasteiger partial charge in [0.05, 0.1) is 12.2 Å². The smallest absolute Gasteiger partial charge is 0.313 e. The molecule has 1 heterocycles. The van der Waals surface area contributed by atoms with E-state index in [0.717, 1.165) is 25.0 Å². The zero-order valence-electron chi connectivity index (χ0n) is 11.7. The van der Waals surface area contributed by atoms with Crippen LogP contribution in [0.2, 0.25) is 0 Å². The number of amides is 3. The van der Waals surface area contributed by atoms with Crippen molar-refractivity contribution in [2.24, 2.45) is 0 Å². The highest BCUT2D eigenvalue weighted by molar-refractivity contribution is 6.39. The maximum Gasteiger partial charge on any atom is 0.313 e. The molecule has 1 saturated heterocycles. The molecule has 0 unspecified atom stereocenters. The first-order chi connectivity index (χ1) is 10.5. The molecule has 0 radical (unpaired) electrons. The van der Waals surface area contributed by atoms with E-state index in [1.165, 1.54) is 0 Å². The van der Waals surface area contributed by atoms with Crippen LogP contribution in [-0.2, 0) is 14.4 Å². The molecular formula is C14H15F2N3O3. The van der Waals surface area contributed by atoms with E-state index in [2.05, 4.69) is 5.32 Å². The van der Waals surface area contributed by atoms with Crippen molar-refractivity contribution in [1.29, 1.82) is 0 Å². The van der Waals surface area contributed by atoms with Gasteiger partial charge in [-0.1, -0.05) is 0 Å². The molecule has 0 saturated carbocycles. The second-order valence-corrected chi connectivity index (χ2v) is 4.85. The van der Waals surface area contributed by atoms with Gasteiger partial charge in [-0.15, -0.1) is 0 Å². The summed E-state index contributed by atoms with van der Waals surface area (Å²) in [5.74, 6) is -4.24. The van der Waals surface area contributed by atoms with E-state index < -0.39 is 23.4 Å². The normalized spacial score (nSPS) is 13.8. The number of nitrogens with one attached hydrogen (secondary N) is 2. The van der Waals surface area contributed by atoms with Crippen molar-refractivity contribution < 1.29 is 23.2 Å². The zero-order chi connectivity index (χ0) is 16.1. The highest BCUT2D eigenvalue weighted by Gasteiger charge is 2.21. The topological polar surface area (TPSA) is 78.5 Å². The van der Waals surface area contributed by atoms with Gasteiger partial charge in [-0.05, 0) is 25.0 Å². The van der Waals surface area contributed by atoms with Crippen molar-refractivity contribution in [2.75, 3.05) is 25.0 Å². The maximum atomic E-state index is 13.3. The molecule has 0 bridgehead atoms. The molecule has 1 aliphatic heterocycles. The standard InChI is InChI=1S/C14H15F2N3O3/c15-9-3-4-11(10(16)7-9)18-14(22)13(21)17-8-12(20)19-5-1-2-6-19/h3-4,7H,1-2,5-6,8H2,(H,17,21)(H,18,22). The number of nitrogens with zero attached hydrogens (tertiary/aromatic N) is 1. The van der Waals surface area contributed by atoms with Gasteiger partial charge in [0.1, 0.15) is 11.6 Å². The van der Waals surface area contributed by atoms with Crippen molar-refractivity contribution >= 4 is 23.4 Å². The lowest BCUT2D eigenvalue weighted by Crippen LogP contribution is -2.42. The highest BCUT2D eigenvalue weighted by atomic mass is 19.1. The number of likely N-dealkylation sites (tertiary alicyclic amines) is 1. The average Bonchev–Trinajstić information content (AvgIpc) is 3.01. The van der Waals surface area contributed by atoms with Crippen molar-refractivity contribution in [3.05, 3.63) is 29.8 Å².